The fourth-order valence-electron chi connectivity index (χ4n) is 1.60. The van der Waals surface area contributed by atoms with E-state index in [0.717, 1.165) is 17.8 Å². The molecule has 0 fully saturated rings. The van der Waals surface area contributed by atoms with Gasteiger partial charge in [-0.25, -0.2) is 0 Å². The first-order valence-corrected chi connectivity index (χ1v) is 5.82. The molecule has 0 aliphatic rings. The second-order valence-corrected chi connectivity index (χ2v) is 3.95. The van der Waals surface area contributed by atoms with E-state index >= 15 is 0 Å². The molecule has 1 amide bonds. The first kappa shape index (κ1) is 13.5. The molecule has 0 aliphatic carbocycles. The van der Waals surface area contributed by atoms with E-state index in [1.54, 1.807) is 14.0 Å². The van der Waals surface area contributed by atoms with E-state index in [9.17, 15) is 9.90 Å². The minimum atomic E-state index is -0.460. The molecule has 2 N–H and O–H groups in total. The predicted molar refractivity (Wildman–Crippen MR) is 69.0 cm³/mol. The molecule has 1 aromatic rings. The number of benzene rings is 1. The molecule has 1 rings (SSSR count). The zero-order valence-electron chi connectivity index (χ0n) is 10.6. The van der Waals surface area contributed by atoms with Crippen LogP contribution in [0.5, 0.6) is 0 Å². The van der Waals surface area contributed by atoms with E-state index in [1.807, 2.05) is 36.1 Å². The fourth-order valence-corrected chi connectivity index (χ4v) is 1.60. The van der Waals surface area contributed by atoms with Crippen molar-refractivity contribution in [3.63, 3.8) is 0 Å². The molecule has 17 heavy (non-hydrogen) atoms. The summed E-state index contributed by atoms with van der Waals surface area (Å²) >= 11 is 0. The number of carbonyl (C=O) groups is 1. The van der Waals surface area contributed by atoms with Crippen LogP contribution in [0.1, 0.15) is 25.5 Å². The molecule has 0 radical (unpaired) electrons. The van der Waals surface area contributed by atoms with Crippen molar-refractivity contribution >= 4 is 11.6 Å². The zero-order chi connectivity index (χ0) is 12.8. The summed E-state index contributed by atoms with van der Waals surface area (Å²) < 4.78 is 0. The first-order valence-electron chi connectivity index (χ1n) is 5.82. The molecule has 0 bridgehead atoms. The Hall–Kier alpha value is -1.55. The van der Waals surface area contributed by atoms with Crippen molar-refractivity contribution in [1.29, 1.82) is 0 Å². The van der Waals surface area contributed by atoms with Crippen molar-refractivity contribution < 1.29 is 9.90 Å². The number of anilines is 1. The highest BCUT2D eigenvalue weighted by molar-refractivity contribution is 5.81. The Morgan fingerprint density at radius 3 is 2.41 bits per heavy atom. The number of carbonyl (C=O) groups excluding carboxylic acids is 1. The molecule has 1 aromatic carbocycles. The Morgan fingerprint density at radius 1 is 1.41 bits per heavy atom. The third kappa shape index (κ3) is 3.75. The lowest BCUT2D eigenvalue weighted by Gasteiger charge is -2.22. The first-order chi connectivity index (χ1) is 8.08. The highest BCUT2D eigenvalue weighted by Gasteiger charge is 2.09. The van der Waals surface area contributed by atoms with Crippen LogP contribution in [0, 0.1) is 0 Å². The van der Waals surface area contributed by atoms with Crippen molar-refractivity contribution in [3.8, 4) is 0 Å². The summed E-state index contributed by atoms with van der Waals surface area (Å²) in [6.07, 6.45) is -0.460. The normalized spacial score (nSPS) is 12.0. The van der Waals surface area contributed by atoms with Crippen LogP contribution < -0.4 is 10.2 Å². The molecule has 1 unspecified atom stereocenters. The van der Waals surface area contributed by atoms with E-state index in [1.165, 1.54) is 0 Å². The second kappa shape index (κ2) is 6.25. The summed E-state index contributed by atoms with van der Waals surface area (Å²) in [5, 5.41) is 12.0. The van der Waals surface area contributed by atoms with E-state index in [0.29, 0.717) is 6.54 Å². The summed E-state index contributed by atoms with van der Waals surface area (Å²) in [4.78, 5) is 13.3. The van der Waals surface area contributed by atoms with Gasteiger partial charge < -0.3 is 15.3 Å². The third-order valence-corrected chi connectivity index (χ3v) is 2.74. The summed E-state index contributed by atoms with van der Waals surface area (Å²) in [7, 11) is 1.63. The van der Waals surface area contributed by atoms with Crippen LogP contribution in [0.2, 0.25) is 0 Å². The Morgan fingerprint density at radius 2 is 2.00 bits per heavy atom. The number of amides is 1. The van der Waals surface area contributed by atoms with Crippen molar-refractivity contribution in [2.75, 3.05) is 25.0 Å². The molecule has 0 aromatic heterocycles. The molecule has 0 saturated carbocycles. The number of aliphatic hydroxyl groups excluding tert-OH is 1. The lowest BCUT2D eigenvalue weighted by atomic mass is 10.1. The number of aliphatic hydroxyl groups is 1. The van der Waals surface area contributed by atoms with Gasteiger partial charge >= 0.3 is 0 Å². The maximum atomic E-state index is 11.3. The predicted octanol–water partition coefficient (Wildman–Crippen LogP) is 1.31. The van der Waals surface area contributed by atoms with Crippen LogP contribution in [-0.4, -0.2) is 31.2 Å². The van der Waals surface area contributed by atoms with Crippen LogP contribution in [-0.2, 0) is 4.79 Å². The maximum absolute atomic E-state index is 11.3. The van der Waals surface area contributed by atoms with Gasteiger partial charge in [-0.1, -0.05) is 12.1 Å². The molecule has 0 heterocycles. The van der Waals surface area contributed by atoms with E-state index < -0.39 is 6.10 Å². The molecule has 0 spiro atoms. The van der Waals surface area contributed by atoms with Gasteiger partial charge in [0.15, 0.2) is 0 Å². The lowest BCUT2D eigenvalue weighted by Crippen LogP contribution is -2.35. The average Bonchev–Trinajstić information content (AvgIpc) is 2.35. The average molecular weight is 236 g/mol. The number of nitrogens with zero attached hydrogens (tertiary/aromatic N) is 1. The topological polar surface area (TPSA) is 52.6 Å². The molecular weight excluding hydrogens is 216 g/mol. The molecular formula is C13H20N2O2. The lowest BCUT2D eigenvalue weighted by molar-refractivity contribution is -0.119. The van der Waals surface area contributed by atoms with Crippen LogP contribution in [0.4, 0.5) is 5.69 Å². The van der Waals surface area contributed by atoms with Crippen molar-refractivity contribution in [2.45, 2.75) is 20.0 Å². The Balaban J connectivity index is 2.78. The maximum Gasteiger partial charge on any atom is 0.239 e. The van der Waals surface area contributed by atoms with Crippen LogP contribution >= 0.6 is 0 Å². The molecule has 94 valence electrons. The summed E-state index contributed by atoms with van der Waals surface area (Å²) in [6, 6.07) is 7.61. The minimum Gasteiger partial charge on any atom is -0.389 e. The minimum absolute atomic E-state index is 0.00791. The number of hydrogen-bond donors (Lipinski definition) is 2. The quantitative estimate of drug-likeness (QED) is 0.810. The largest absolute Gasteiger partial charge is 0.389 e. The second-order valence-electron chi connectivity index (χ2n) is 3.95. The van der Waals surface area contributed by atoms with Crippen LogP contribution in [0.15, 0.2) is 24.3 Å². The zero-order valence-corrected chi connectivity index (χ0v) is 10.6. The molecule has 0 aliphatic heterocycles. The Kier molecular flexibility index (Phi) is 4.97. The van der Waals surface area contributed by atoms with Crippen LogP contribution in [0.3, 0.4) is 0 Å². The van der Waals surface area contributed by atoms with Gasteiger partial charge in [0.1, 0.15) is 0 Å². The number of nitrogens with one attached hydrogen (secondary N) is 1. The number of rotatable bonds is 5. The summed E-state index contributed by atoms with van der Waals surface area (Å²) in [6.45, 7) is 4.85. The third-order valence-electron chi connectivity index (χ3n) is 2.74. The molecule has 0 saturated heterocycles. The monoisotopic (exact) mass is 236 g/mol. The van der Waals surface area contributed by atoms with Gasteiger partial charge in [-0.2, -0.15) is 0 Å². The van der Waals surface area contributed by atoms with Crippen LogP contribution in [0.25, 0.3) is 0 Å². The highest BCUT2D eigenvalue weighted by Crippen LogP contribution is 2.18. The molecule has 4 nitrogen and oxygen atoms in total. The number of likely N-dealkylation sites (N-methyl/N-ethyl adjacent to an activating group) is 2. The Bertz CT molecular complexity index is 360. The van der Waals surface area contributed by atoms with E-state index in [-0.39, 0.29) is 5.91 Å². The summed E-state index contributed by atoms with van der Waals surface area (Å²) in [5.74, 6) is -0.00791. The van der Waals surface area contributed by atoms with E-state index in [4.69, 9.17) is 0 Å². The standard InChI is InChI=1S/C13H20N2O2/c1-4-15(9-13(17)14-3)12-7-5-11(6-8-12)10(2)16/h5-8,10,16H,4,9H2,1-3H3,(H,14,17). The van der Waals surface area contributed by atoms with Gasteiger partial charge in [0.25, 0.3) is 0 Å². The Labute approximate surface area is 102 Å². The van der Waals surface area contributed by atoms with Gasteiger partial charge in [0.05, 0.1) is 12.6 Å². The molecule has 1 atom stereocenters. The summed E-state index contributed by atoms with van der Waals surface area (Å²) in [5.41, 5.74) is 1.87. The van der Waals surface area contributed by atoms with Gasteiger partial charge in [-0.05, 0) is 31.5 Å². The molecule has 4 heteroatoms. The highest BCUT2D eigenvalue weighted by atomic mass is 16.3. The fraction of sp³-hybridized carbons (Fsp3) is 0.462. The van der Waals surface area contributed by atoms with Gasteiger partial charge in [0, 0.05) is 19.3 Å². The van der Waals surface area contributed by atoms with Gasteiger partial charge in [-0.15, -0.1) is 0 Å². The van der Waals surface area contributed by atoms with Crippen molar-refractivity contribution in [3.05, 3.63) is 29.8 Å². The van der Waals surface area contributed by atoms with E-state index in [2.05, 4.69) is 5.32 Å². The van der Waals surface area contributed by atoms with Crippen molar-refractivity contribution in [1.82, 2.24) is 5.32 Å². The van der Waals surface area contributed by atoms with Gasteiger partial charge in [0.2, 0.25) is 5.91 Å². The SMILES string of the molecule is CCN(CC(=O)NC)c1ccc(C(C)O)cc1. The van der Waals surface area contributed by atoms with Crippen molar-refractivity contribution in [2.24, 2.45) is 0 Å². The number of hydrogen-bond acceptors (Lipinski definition) is 3. The smallest absolute Gasteiger partial charge is 0.239 e. The van der Waals surface area contributed by atoms with Gasteiger partial charge in [-0.3, -0.25) is 4.79 Å².